The lowest BCUT2D eigenvalue weighted by molar-refractivity contribution is 0.0348. The van der Waals surface area contributed by atoms with Crippen molar-refractivity contribution in [3.05, 3.63) is 48.3 Å². The molecule has 1 atom stereocenters. The van der Waals surface area contributed by atoms with Gasteiger partial charge in [0, 0.05) is 18.0 Å². The Bertz CT molecular complexity index is 612. The summed E-state index contributed by atoms with van der Waals surface area (Å²) < 4.78 is 21.3. The molecule has 2 rings (SSSR count). The van der Waals surface area contributed by atoms with Crippen LogP contribution in [0, 0.1) is 5.82 Å². The van der Waals surface area contributed by atoms with Gasteiger partial charge in [0.15, 0.2) is 0 Å². The third kappa shape index (κ3) is 5.34. The van der Waals surface area contributed by atoms with Gasteiger partial charge in [0.1, 0.15) is 17.2 Å². The first-order chi connectivity index (χ1) is 11.5. The van der Waals surface area contributed by atoms with Crippen molar-refractivity contribution in [1.82, 2.24) is 9.55 Å². The molecule has 0 spiro atoms. The highest BCUT2D eigenvalue weighted by molar-refractivity contribution is 5.38. The zero-order chi connectivity index (χ0) is 17.4. The zero-order valence-electron chi connectivity index (χ0n) is 14.5. The molecule has 24 heavy (non-hydrogen) atoms. The Morgan fingerprint density at radius 3 is 2.75 bits per heavy atom. The van der Waals surface area contributed by atoms with Gasteiger partial charge in [-0.3, -0.25) is 0 Å². The van der Waals surface area contributed by atoms with Gasteiger partial charge in [-0.25, -0.2) is 9.37 Å². The first-order valence-corrected chi connectivity index (χ1v) is 8.64. The minimum atomic E-state index is -1.25. The van der Waals surface area contributed by atoms with Gasteiger partial charge in [0.25, 0.3) is 0 Å². The van der Waals surface area contributed by atoms with E-state index in [1.54, 1.807) is 36.3 Å². The maximum Gasteiger partial charge on any atom is 0.125 e. The lowest BCUT2D eigenvalue weighted by atomic mass is 9.94. The molecule has 0 saturated carbocycles. The summed E-state index contributed by atoms with van der Waals surface area (Å²) in [5, 5.41) is 10.8. The Hall–Kier alpha value is -1.88. The number of halogens is 1. The standard InChI is InChI=1S/C19H27FN2O2/c1-3-4-5-6-7-12-24-18-9-8-16(20)13-17(18)19(2,23)14-22-11-10-21-15-22/h8-11,13,15,23H,3-7,12,14H2,1-2H3. The molecule has 0 aliphatic heterocycles. The van der Waals surface area contributed by atoms with Crippen LogP contribution in [0.5, 0.6) is 5.75 Å². The van der Waals surface area contributed by atoms with Crippen molar-refractivity contribution in [1.29, 1.82) is 0 Å². The fourth-order valence-corrected chi connectivity index (χ4v) is 2.76. The molecule has 1 N–H and O–H groups in total. The van der Waals surface area contributed by atoms with Crippen molar-refractivity contribution in [2.24, 2.45) is 0 Å². The van der Waals surface area contributed by atoms with Crippen LogP contribution < -0.4 is 4.74 Å². The Labute approximate surface area is 143 Å². The molecule has 1 aromatic heterocycles. The molecule has 1 aromatic carbocycles. The number of aromatic nitrogens is 2. The second-order valence-corrected chi connectivity index (χ2v) is 6.41. The van der Waals surface area contributed by atoms with E-state index in [0.29, 0.717) is 17.9 Å². The maximum atomic E-state index is 13.7. The zero-order valence-corrected chi connectivity index (χ0v) is 14.5. The monoisotopic (exact) mass is 334 g/mol. The summed E-state index contributed by atoms with van der Waals surface area (Å²) in [5.74, 6) is 0.156. The average Bonchev–Trinajstić information content (AvgIpc) is 3.04. The molecule has 0 fully saturated rings. The van der Waals surface area contributed by atoms with E-state index >= 15 is 0 Å². The van der Waals surface area contributed by atoms with Gasteiger partial charge in [-0.2, -0.15) is 0 Å². The largest absolute Gasteiger partial charge is 0.493 e. The number of hydrogen-bond acceptors (Lipinski definition) is 3. The van der Waals surface area contributed by atoms with Crippen LogP contribution in [-0.2, 0) is 12.1 Å². The fraction of sp³-hybridized carbons (Fsp3) is 0.526. The highest BCUT2D eigenvalue weighted by Crippen LogP contribution is 2.32. The summed E-state index contributed by atoms with van der Waals surface area (Å²) in [6, 6.07) is 4.31. The molecule has 1 unspecified atom stereocenters. The second-order valence-electron chi connectivity index (χ2n) is 6.41. The molecule has 2 aromatic rings. The van der Waals surface area contributed by atoms with Gasteiger partial charge in [0.05, 0.1) is 19.5 Å². The molecule has 4 nitrogen and oxygen atoms in total. The van der Waals surface area contributed by atoms with Crippen LogP contribution in [0.2, 0.25) is 0 Å². The summed E-state index contributed by atoms with van der Waals surface area (Å²) >= 11 is 0. The maximum absolute atomic E-state index is 13.7. The molecule has 0 amide bonds. The van der Waals surface area contributed by atoms with Crippen LogP contribution in [0.1, 0.15) is 51.5 Å². The minimum absolute atomic E-state index is 0.281. The Morgan fingerprint density at radius 1 is 1.25 bits per heavy atom. The second kappa shape index (κ2) is 8.83. The van der Waals surface area contributed by atoms with E-state index in [-0.39, 0.29) is 12.4 Å². The van der Waals surface area contributed by atoms with Crippen LogP contribution in [0.4, 0.5) is 4.39 Å². The van der Waals surface area contributed by atoms with Gasteiger partial charge in [-0.05, 0) is 31.5 Å². The highest BCUT2D eigenvalue weighted by Gasteiger charge is 2.28. The molecular formula is C19H27FN2O2. The van der Waals surface area contributed by atoms with E-state index in [0.717, 1.165) is 12.8 Å². The molecular weight excluding hydrogens is 307 g/mol. The SMILES string of the molecule is CCCCCCCOc1ccc(F)cc1C(C)(O)Cn1ccnc1. The molecule has 132 valence electrons. The van der Waals surface area contributed by atoms with Gasteiger partial charge < -0.3 is 14.4 Å². The number of ether oxygens (including phenoxy) is 1. The van der Waals surface area contributed by atoms with Gasteiger partial charge in [-0.1, -0.05) is 32.6 Å². The molecule has 0 aliphatic rings. The lowest BCUT2D eigenvalue weighted by Crippen LogP contribution is -2.28. The number of rotatable bonds is 10. The topological polar surface area (TPSA) is 47.3 Å². The van der Waals surface area contributed by atoms with Crippen LogP contribution >= 0.6 is 0 Å². The van der Waals surface area contributed by atoms with Crippen molar-refractivity contribution >= 4 is 0 Å². The summed E-state index contributed by atoms with van der Waals surface area (Å²) in [7, 11) is 0. The van der Waals surface area contributed by atoms with Crippen molar-refractivity contribution in [2.45, 2.75) is 58.1 Å². The van der Waals surface area contributed by atoms with Gasteiger partial charge in [0.2, 0.25) is 0 Å². The van der Waals surface area contributed by atoms with Crippen LogP contribution in [-0.4, -0.2) is 21.3 Å². The van der Waals surface area contributed by atoms with Crippen LogP contribution in [0.15, 0.2) is 36.9 Å². The van der Waals surface area contributed by atoms with Crippen LogP contribution in [0.3, 0.4) is 0 Å². The van der Waals surface area contributed by atoms with Crippen molar-refractivity contribution in [3.8, 4) is 5.75 Å². The number of benzene rings is 1. The Morgan fingerprint density at radius 2 is 2.04 bits per heavy atom. The minimum Gasteiger partial charge on any atom is -0.493 e. The van der Waals surface area contributed by atoms with Gasteiger partial charge >= 0.3 is 0 Å². The first kappa shape index (κ1) is 18.5. The molecule has 0 bridgehead atoms. The molecule has 1 heterocycles. The first-order valence-electron chi connectivity index (χ1n) is 8.64. The molecule has 0 radical (unpaired) electrons. The number of hydrogen-bond donors (Lipinski definition) is 1. The summed E-state index contributed by atoms with van der Waals surface area (Å²) in [6.07, 6.45) is 10.8. The third-order valence-corrected chi connectivity index (χ3v) is 4.08. The highest BCUT2D eigenvalue weighted by atomic mass is 19.1. The van der Waals surface area contributed by atoms with Crippen molar-refractivity contribution in [2.75, 3.05) is 6.61 Å². The van der Waals surface area contributed by atoms with Gasteiger partial charge in [-0.15, -0.1) is 0 Å². The quantitative estimate of drug-likeness (QED) is 0.660. The van der Waals surface area contributed by atoms with Crippen molar-refractivity contribution in [3.63, 3.8) is 0 Å². The number of imidazole rings is 1. The van der Waals surface area contributed by atoms with E-state index in [1.165, 1.54) is 31.4 Å². The Balaban J connectivity index is 2.03. The molecule has 0 aliphatic carbocycles. The number of aliphatic hydroxyl groups is 1. The summed E-state index contributed by atoms with van der Waals surface area (Å²) in [6.45, 7) is 4.70. The van der Waals surface area contributed by atoms with E-state index in [4.69, 9.17) is 4.74 Å². The number of nitrogens with zero attached hydrogens (tertiary/aromatic N) is 2. The fourth-order valence-electron chi connectivity index (χ4n) is 2.76. The van der Waals surface area contributed by atoms with E-state index in [1.807, 2.05) is 0 Å². The summed E-state index contributed by atoms with van der Waals surface area (Å²) in [5.41, 5.74) is -0.787. The predicted molar refractivity (Wildman–Crippen MR) is 92.5 cm³/mol. The van der Waals surface area contributed by atoms with Crippen LogP contribution in [0.25, 0.3) is 0 Å². The Kier molecular flexibility index (Phi) is 6.79. The number of unbranched alkanes of at least 4 members (excludes halogenated alkanes) is 4. The van der Waals surface area contributed by atoms with Crippen molar-refractivity contribution < 1.29 is 14.2 Å². The van der Waals surface area contributed by atoms with E-state index < -0.39 is 5.60 Å². The smallest absolute Gasteiger partial charge is 0.125 e. The molecule has 0 saturated heterocycles. The third-order valence-electron chi connectivity index (χ3n) is 4.08. The normalized spacial score (nSPS) is 13.7. The summed E-state index contributed by atoms with van der Waals surface area (Å²) in [4.78, 5) is 3.97. The average molecular weight is 334 g/mol. The van der Waals surface area contributed by atoms with E-state index in [9.17, 15) is 9.50 Å². The lowest BCUT2D eigenvalue weighted by Gasteiger charge is -2.26. The van der Waals surface area contributed by atoms with E-state index in [2.05, 4.69) is 11.9 Å². The predicted octanol–water partition coefficient (Wildman–Crippen LogP) is 4.28. The molecule has 5 heteroatoms.